The monoisotopic (exact) mass is 474 g/mol. The van der Waals surface area contributed by atoms with E-state index >= 15 is 0 Å². The summed E-state index contributed by atoms with van der Waals surface area (Å²) in [5.74, 6) is -2.51. The van der Waals surface area contributed by atoms with Crippen LogP contribution in [0.4, 0.5) is 13.2 Å². The van der Waals surface area contributed by atoms with Crippen molar-refractivity contribution in [2.45, 2.75) is 31.5 Å². The first kappa shape index (κ1) is 25.3. The molecule has 3 heterocycles. The number of alkyl halides is 3. The van der Waals surface area contributed by atoms with Crippen LogP contribution in [-0.2, 0) is 14.3 Å². The summed E-state index contributed by atoms with van der Waals surface area (Å²) in [5, 5.41) is 16.5. The molecule has 33 heavy (non-hydrogen) atoms. The molecule has 0 aromatic heterocycles. The highest BCUT2D eigenvalue weighted by Crippen LogP contribution is 2.42. The number of phenols is 1. The molecule has 2 N–H and O–H groups in total. The standard InChI is InChI=1S/C20H28N2O4.C2HF3O2/c23-17-3-1-16(2-4-17)19(24)22-7-5-20(6-8-22)13-18(26-15-20)14-21-9-11-25-12-10-21;3-2(4,5)1(6)7/h1-4,18,23H,5-15H2;(H,6,7). The Labute approximate surface area is 189 Å². The number of likely N-dealkylation sites (tertiary alicyclic amines) is 1. The van der Waals surface area contributed by atoms with Gasteiger partial charge in [-0.05, 0) is 48.9 Å². The maximum atomic E-state index is 12.6. The van der Waals surface area contributed by atoms with Crippen LogP contribution < -0.4 is 0 Å². The van der Waals surface area contributed by atoms with E-state index in [1.165, 1.54) is 0 Å². The molecule has 1 aromatic carbocycles. The Balaban J connectivity index is 0.000000383. The maximum Gasteiger partial charge on any atom is 0.490 e. The number of ether oxygens (including phenoxy) is 2. The SMILES string of the molecule is O=C(O)C(F)(F)F.O=C(c1ccc(O)cc1)N1CCC2(CC1)COC(CN1CCOCC1)C2. The van der Waals surface area contributed by atoms with Crippen molar-refractivity contribution >= 4 is 11.9 Å². The van der Waals surface area contributed by atoms with E-state index in [2.05, 4.69) is 4.90 Å². The molecular weight excluding hydrogens is 445 g/mol. The van der Waals surface area contributed by atoms with Gasteiger partial charge in [0.25, 0.3) is 5.91 Å². The van der Waals surface area contributed by atoms with E-state index in [0.717, 1.165) is 71.8 Å². The van der Waals surface area contributed by atoms with Crippen LogP contribution in [0.3, 0.4) is 0 Å². The Hall–Kier alpha value is -2.37. The van der Waals surface area contributed by atoms with Crippen molar-refractivity contribution in [3.05, 3.63) is 29.8 Å². The maximum absolute atomic E-state index is 12.6. The third kappa shape index (κ3) is 7.05. The van der Waals surface area contributed by atoms with Gasteiger partial charge in [0.15, 0.2) is 0 Å². The summed E-state index contributed by atoms with van der Waals surface area (Å²) >= 11 is 0. The van der Waals surface area contributed by atoms with Gasteiger partial charge in [0.2, 0.25) is 0 Å². The summed E-state index contributed by atoms with van der Waals surface area (Å²) < 4.78 is 43.3. The molecule has 1 atom stereocenters. The summed E-state index contributed by atoms with van der Waals surface area (Å²) in [4.78, 5) is 25.9. The highest BCUT2D eigenvalue weighted by atomic mass is 19.4. The topological polar surface area (TPSA) is 99.5 Å². The van der Waals surface area contributed by atoms with Crippen molar-refractivity contribution in [1.29, 1.82) is 0 Å². The third-order valence-electron chi connectivity index (χ3n) is 6.32. The zero-order valence-corrected chi connectivity index (χ0v) is 18.2. The van der Waals surface area contributed by atoms with Gasteiger partial charge in [-0.2, -0.15) is 13.2 Å². The van der Waals surface area contributed by atoms with Crippen LogP contribution in [0, 0.1) is 5.41 Å². The lowest BCUT2D eigenvalue weighted by atomic mass is 9.76. The molecule has 8 nitrogen and oxygen atoms in total. The number of benzene rings is 1. The number of hydrogen-bond acceptors (Lipinski definition) is 6. The molecule has 11 heteroatoms. The van der Waals surface area contributed by atoms with E-state index < -0.39 is 12.1 Å². The molecule has 0 aliphatic carbocycles. The number of halogens is 3. The van der Waals surface area contributed by atoms with Crippen molar-refractivity contribution in [3.63, 3.8) is 0 Å². The van der Waals surface area contributed by atoms with Crippen molar-refractivity contribution in [2.24, 2.45) is 5.41 Å². The Morgan fingerprint density at radius 1 is 1.06 bits per heavy atom. The van der Waals surface area contributed by atoms with Crippen LogP contribution in [-0.4, -0.2) is 96.7 Å². The number of piperidine rings is 1. The van der Waals surface area contributed by atoms with Crippen LogP contribution in [0.1, 0.15) is 29.6 Å². The van der Waals surface area contributed by atoms with Crippen LogP contribution in [0.25, 0.3) is 0 Å². The summed E-state index contributed by atoms with van der Waals surface area (Å²) in [6.45, 7) is 7.05. The Bertz CT molecular complexity index is 803. The van der Waals surface area contributed by atoms with Gasteiger partial charge in [0.1, 0.15) is 5.75 Å². The number of hydrogen-bond donors (Lipinski definition) is 2. The zero-order chi connectivity index (χ0) is 24.1. The minimum atomic E-state index is -5.08. The quantitative estimate of drug-likeness (QED) is 0.694. The largest absolute Gasteiger partial charge is 0.508 e. The van der Waals surface area contributed by atoms with Crippen LogP contribution >= 0.6 is 0 Å². The number of carboxylic acid groups (broad SMARTS) is 1. The van der Waals surface area contributed by atoms with Gasteiger partial charge in [-0.3, -0.25) is 9.69 Å². The molecule has 0 bridgehead atoms. The van der Waals surface area contributed by atoms with E-state index in [0.29, 0.717) is 11.7 Å². The predicted molar refractivity (Wildman–Crippen MR) is 111 cm³/mol. The number of nitrogens with zero attached hydrogens (tertiary/aromatic N) is 2. The molecule has 1 aromatic rings. The van der Waals surface area contributed by atoms with Gasteiger partial charge < -0.3 is 24.6 Å². The number of aliphatic carboxylic acids is 1. The van der Waals surface area contributed by atoms with Gasteiger partial charge >= 0.3 is 12.1 Å². The lowest BCUT2D eigenvalue weighted by Crippen LogP contribution is -2.44. The number of carboxylic acids is 1. The van der Waals surface area contributed by atoms with Crippen molar-refractivity contribution in [1.82, 2.24) is 9.80 Å². The van der Waals surface area contributed by atoms with Crippen molar-refractivity contribution < 1.29 is 42.4 Å². The smallest absolute Gasteiger partial charge is 0.490 e. The molecule has 0 saturated carbocycles. The molecule has 4 rings (SSSR count). The minimum absolute atomic E-state index is 0.0589. The van der Waals surface area contributed by atoms with Gasteiger partial charge in [-0.15, -0.1) is 0 Å². The Kier molecular flexibility index (Phi) is 8.19. The van der Waals surface area contributed by atoms with Gasteiger partial charge in [-0.1, -0.05) is 0 Å². The normalized spacial score (nSPS) is 23.1. The number of morpholine rings is 1. The van der Waals surface area contributed by atoms with Crippen molar-refractivity contribution in [3.8, 4) is 5.75 Å². The molecule has 1 amide bonds. The highest BCUT2D eigenvalue weighted by Gasteiger charge is 2.43. The van der Waals surface area contributed by atoms with Crippen LogP contribution in [0.15, 0.2) is 24.3 Å². The first-order chi connectivity index (χ1) is 15.6. The minimum Gasteiger partial charge on any atom is -0.508 e. The number of amides is 1. The van der Waals surface area contributed by atoms with E-state index in [-0.39, 0.29) is 17.1 Å². The number of phenolic OH excluding ortho intramolecular Hbond substituents is 1. The first-order valence-corrected chi connectivity index (χ1v) is 10.9. The summed E-state index contributed by atoms with van der Waals surface area (Å²) in [5.41, 5.74) is 0.884. The molecule has 1 unspecified atom stereocenters. The molecule has 3 aliphatic rings. The van der Waals surface area contributed by atoms with E-state index in [9.17, 15) is 23.1 Å². The molecule has 184 valence electrons. The van der Waals surface area contributed by atoms with Gasteiger partial charge in [-0.25, -0.2) is 4.79 Å². The second kappa shape index (κ2) is 10.7. The average molecular weight is 474 g/mol. The molecule has 3 saturated heterocycles. The number of rotatable bonds is 3. The van der Waals surface area contributed by atoms with Gasteiger partial charge in [0, 0.05) is 38.3 Å². The summed E-state index contributed by atoms with van der Waals surface area (Å²) in [6, 6.07) is 6.53. The molecule has 0 radical (unpaired) electrons. The van der Waals surface area contributed by atoms with Crippen LogP contribution in [0.2, 0.25) is 0 Å². The van der Waals surface area contributed by atoms with E-state index in [1.807, 2.05) is 4.90 Å². The van der Waals surface area contributed by atoms with Crippen LogP contribution in [0.5, 0.6) is 5.75 Å². The molecule has 3 aliphatic heterocycles. The first-order valence-electron chi connectivity index (χ1n) is 10.9. The third-order valence-corrected chi connectivity index (χ3v) is 6.32. The van der Waals surface area contributed by atoms with E-state index in [1.54, 1.807) is 24.3 Å². The lowest BCUT2D eigenvalue weighted by molar-refractivity contribution is -0.192. The lowest BCUT2D eigenvalue weighted by Gasteiger charge is -2.38. The predicted octanol–water partition coefficient (Wildman–Crippen LogP) is 2.37. The Morgan fingerprint density at radius 3 is 2.18 bits per heavy atom. The summed E-state index contributed by atoms with van der Waals surface area (Å²) in [7, 11) is 0. The van der Waals surface area contributed by atoms with Gasteiger partial charge in [0.05, 0.1) is 25.9 Å². The van der Waals surface area contributed by atoms with Crippen molar-refractivity contribution in [2.75, 3.05) is 52.5 Å². The second-order valence-electron chi connectivity index (χ2n) is 8.69. The Morgan fingerprint density at radius 2 is 1.64 bits per heavy atom. The fourth-order valence-electron chi connectivity index (χ4n) is 4.40. The average Bonchev–Trinajstić information content (AvgIpc) is 3.16. The molecule has 3 fully saturated rings. The second-order valence-corrected chi connectivity index (χ2v) is 8.69. The molecule has 1 spiro atoms. The fourth-order valence-corrected chi connectivity index (χ4v) is 4.40. The van der Waals surface area contributed by atoms with E-state index in [4.69, 9.17) is 19.4 Å². The zero-order valence-electron chi connectivity index (χ0n) is 18.2. The summed E-state index contributed by atoms with van der Waals surface area (Å²) in [6.07, 6.45) is -1.65. The number of carbonyl (C=O) groups is 2. The number of carbonyl (C=O) groups excluding carboxylic acids is 1. The molecular formula is C22H29F3N2O6. The number of aromatic hydroxyl groups is 1. The highest BCUT2D eigenvalue weighted by molar-refractivity contribution is 5.94. The fraction of sp³-hybridized carbons (Fsp3) is 0.636.